The number of primary amides is 1. The van der Waals surface area contributed by atoms with E-state index >= 15 is 0 Å². The molecule has 0 aliphatic carbocycles. The monoisotopic (exact) mass is 283 g/mol. The Morgan fingerprint density at radius 1 is 1.37 bits per heavy atom. The van der Waals surface area contributed by atoms with Crippen molar-refractivity contribution >= 4 is 27.1 Å². The number of amides is 1. The molecule has 0 radical (unpaired) electrons. The van der Waals surface area contributed by atoms with Crippen LogP contribution in [0.2, 0.25) is 0 Å². The molecule has 1 aliphatic heterocycles. The fourth-order valence-corrected chi connectivity index (χ4v) is 3.91. The molecule has 0 bridgehead atoms. The molecule has 6 nitrogen and oxygen atoms in total. The van der Waals surface area contributed by atoms with Crippen LogP contribution in [-0.2, 0) is 9.84 Å². The Labute approximate surface area is 112 Å². The highest BCUT2D eigenvalue weighted by atomic mass is 32.2. The van der Waals surface area contributed by atoms with E-state index in [0.717, 1.165) is 6.42 Å². The SMILES string of the molecule is NC(=O)c1cccc(N)c1NC1CCCS(=O)(=O)C1. The van der Waals surface area contributed by atoms with Gasteiger partial charge in [-0.25, -0.2) is 8.42 Å². The van der Waals surface area contributed by atoms with Crippen LogP contribution in [0, 0.1) is 0 Å². The maximum Gasteiger partial charge on any atom is 0.250 e. The zero-order chi connectivity index (χ0) is 14.0. The van der Waals surface area contributed by atoms with E-state index in [2.05, 4.69) is 5.32 Å². The first kappa shape index (κ1) is 13.7. The van der Waals surface area contributed by atoms with Crippen molar-refractivity contribution in [1.82, 2.24) is 0 Å². The average Bonchev–Trinajstić information content (AvgIpc) is 2.30. The van der Waals surface area contributed by atoms with E-state index in [1.165, 1.54) is 0 Å². The van der Waals surface area contributed by atoms with Crippen LogP contribution in [0.25, 0.3) is 0 Å². The van der Waals surface area contributed by atoms with Crippen LogP contribution < -0.4 is 16.8 Å². The molecule has 1 atom stereocenters. The topological polar surface area (TPSA) is 115 Å². The van der Waals surface area contributed by atoms with Crippen molar-refractivity contribution in [3.8, 4) is 0 Å². The number of hydrogen-bond donors (Lipinski definition) is 3. The van der Waals surface area contributed by atoms with Crippen molar-refractivity contribution in [3.63, 3.8) is 0 Å². The summed E-state index contributed by atoms with van der Waals surface area (Å²) in [4.78, 5) is 11.4. The quantitative estimate of drug-likeness (QED) is 0.693. The summed E-state index contributed by atoms with van der Waals surface area (Å²) < 4.78 is 23.2. The van der Waals surface area contributed by atoms with Crippen LogP contribution >= 0.6 is 0 Å². The summed E-state index contributed by atoms with van der Waals surface area (Å²) >= 11 is 0. The molecule has 1 unspecified atom stereocenters. The summed E-state index contributed by atoms with van der Waals surface area (Å²) in [6, 6.07) is 4.62. The fraction of sp³-hybridized carbons (Fsp3) is 0.417. The summed E-state index contributed by atoms with van der Waals surface area (Å²) in [5, 5.41) is 3.05. The molecule has 1 amide bonds. The van der Waals surface area contributed by atoms with Gasteiger partial charge in [-0.2, -0.15) is 0 Å². The lowest BCUT2D eigenvalue weighted by molar-refractivity contribution is 0.100. The molecule has 104 valence electrons. The van der Waals surface area contributed by atoms with Gasteiger partial charge in [-0.05, 0) is 25.0 Å². The predicted molar refractivity (Wildman–Crippen MR) is 74.7 cm³/mol. The van der Waals surface area contributed by atoms with E-state index in [-0.39, 0.29) is 23.1 Å². The zero-order valence-corrected chi connectivity index (χ0v) is 11.2. The number of hydrogen-bond acceptors (Lipinski definition) is 5. The van der Waals surface area contributed by atoms with E-state index in [1.807, 2.05) is 0 Å². The summed E-state index contributed by atoms with van der Waals surface area (Å²) in [5.41, 5.74) is 12.2. The van der Waals surface area contributed by atoms with Gasteiger partial charge < -0.3 is 16.8 Å². The molecule has 1 saturated heterocycles. The average molecular weight is 283 g/mol. The molecule has 1 fully saturated rings. The molecule has 5 N–H and O–H groups in total. The smallest absolute Gasteiger partial charge is 0.250 e. The van der Waals surface area contributed by atoms with Crippen LogP contribution in [0.15, 0.2) is 18.2 Å². The number of anilines is 2. The van der Waals surface area contributed by atoms with E-state index in [9.17, 15) is 13.2 Å². The molecule has 7 heteroatoms. The molecular formula is C12H17N3O3S. The molecule has 1 aliphatic rings. The largest absolute Gasteiger partial charge is 0.397 e. The zero-order valence-electron chi connectivity index (χ0n) is 10.4. The van der Waals surface area contributed by atoms with Crippen molar-refractivity contribution in [2.24, 2.45) is 5.73 Å². The Hall–Kier alpha value is -1.76. The minimum atomic E-state index is -3.02. The van der Waals surface area contributed by atoms with Crippen molar-refractivity contribution in [3.05, 3.63) is 23.8 Å². The second kappa shape index (κ2) is 5.08. The van der Waals surface area contributed by atoms with Crippen LogP contribution in [-0.4, -0.2) is 31.9 Å². The Kier molecular flexibility index (Phi) is 3.66. The summed E-state index contributed by atoms with van der Waals surface area (Å²) in [7, 11) is -3.02. The second-order valence-corrected chi connectivity index (χ2v) is 6.96. The van der Waals surface area contributed by atoms with Gasteiger partial charge in [0.2, 0.25) is 0 Å². The third-order valence-corrected chi connectivity index (χ3v) is 4.99. The van der Waals surface area contributed by atoms with E-state index in [0.29, 0.717) is 17.8 Å². The third-order valence-electron chi connectivity index (χ3n) is 3.17. The Bertz CT molecular complexity index is 598. The second-order valence-electron chi connectivity index (χ2n) is 4.73. The van der Waals surface area contributed by atoms with Crippen LogP contribution in [0.1, 0.15) is 23.2 Å². The van der Waals surface area contributed by atoms with Crippen molar-refractivity contribution in [1.29, 1.82) is 0 Å². The van der Waals surface area contributed by atoms with Gasteiger partial charge in [0.25, 0.3) is 5.91 Å². The maximum atomic E-state index is 11.6. The maximum absolute atomic E-state index is 11.6. The number of rotatable bonds is 3. The van der Waals surface area contributed by atoms with E-state index in [4.69, 9.17) is 11.5 Å². The molecule has 0 saturated carbocycles. The molecule has 1 aromatic carbocycles. The summed E-state index contributed by atoms with van der Waals surface area (Å²) in [5.74, 6) is -0.314. The van der Waals surface area contributed by atoms with Crippen LogP contribution in [0.4, 0.5) is 11.4 Å². The Morgan fingerprint density at radius 2 is 2.11 bits per heavy atom. The van der Waals surface area contributed by atoms with Crippen molar-refractivity contribution in [2.45, 2.75) is 18.9 Å². The lowest BCUT2D eigenvalue weighted by atomic mass is 10.1. The first-order chi connectivity index (χ1) is 8.89. The highest BCUT2D eigenvalue weighted by Crippen LogP contribution is 2.26. The van der Waals surface area contributed by atoms with Crippen LogP contribution in [0.5, 0.6) is 0 Å². The number of sulfone groups is 1. The van der Waals surface area contributed by atoms with Gasteiger partial charge in [0.1, 0.15) is 0 Å². The number of benzene rings is 1. The van der Waals surface area contributed by atoms with Gasteiger partial charge in [-0.3, -0.25) is 4.79 Å². The third kappa shape index (κ3) is 3.17. The summed E-state index contributed by atoms with van der Waals surface area (Å²) in [6.07, 6.45) is 1.34. The van der Waals surface area contributed by atoms with Gasteiger partial charge in [-0.1, -0.05) is 6.07 Å². The van der Waals surface area contributed by atoms with Crippen LogP contribution in [0.3, 0.4) is 0 Å². The molecule has 1 heterocycles. The van der Waals surface area contributed by atoms with Gasteiger partial charge in [-0.15, -0.1) is 0 Å². The molecule has 2 rings (SSSR count). The number of para-hydroxylation sites is 1. The lowest BCUT2D eigenvalue weighted by Gasteiger charge is -2.25. The number of carbonyl (C=O) groups excluding carboxylic acids is 1. The van der Waals surface area contributed by atoms with Crippen molar-refractivity contribution < 1.29 is 13.2 Å². The Balaban J connectivity index is 2.26. The number of carbonyl (C=O) groups is 1. The van der Waals surface area contributed by atoms with Crippen molar-refractivity contribution in [2.75, 3.05) is 22.6 Å². The van der Waals surface area contributed by atoms with E-state index < -0.39 is 15.7 Å². The molecule has 0 spiro atoms. The molecule has 0 aromatic heterocycles. The summed E-state index contributed by atoms with van der Waals surface area (Å²) in [6.45, 7) is 0. The van der Waals surface area contributed by atoms with Gasteiger partial charge in [0, 0.05) is 6.04 Å². The predicted octanol–water partition coefficient (Wildman–Crippen LogP) is 0.357. The van der Waals surface area contributed by atoms with E-state index in [1.54, 1.807) is 18.2 Å². The first-order valence-corrected chi connectivity index (χ1v) is 7.86. The molecule has 19 heavy (non-hydrogen) atoms. The van der Waals surface area contributed by atoms with Gasteiger partial charge in [0.15, 0.2) is 9.84 Å². The molecular weight excluding hydrogens is 266 g/mol. The first-order valence-electron chi connectivity index (χ1n) is 6.04. The standard InChI is InChI=1S/C12H17N3O3S/c13-10-5-1-4-9(12(14)16)11(10)15-8-3-2-6-19(17,18)7-8/h1,4-5,8,15H,2-3,6-7,13H2,(H2,14,16). The fourth-order valence-electron chi connectivity index (χ4n) is 2.28. The highest BCUT2D eigenvalue weighted by Gasteiger charge is 2.26. The Morgan fingerprint density at radius 3 is 2.74 bits per heavy atom. The molecule has 1 aromatic rings. The van der Waals surface area contributed by atoms with Gasteiger partial charge >= 0.3 is 0 Å². The lowest BCUT2D eigenvalue weighted by Crippen LogP contribution is -2.35. The number of nitrogen functional groups attached to an aromatic ring is 1. The minimum Gasteiger partial charge on any atom is -0.397 e. The number of nitrogens with two attached hydrogens (primary N) is 2. The normalized spacial score (nSPS) is 21.8. The minimum absolute atomic E-state index is 0.0551. The van der Waals surface area contributed by atoms with Gasteiger partial charge in [0.05, 0.1) is 28.4 Å². The highest BCUT2D eigenvalue weighted by molar-refractivity contribution is 7.91. The number of nitrogens with one attached hydrogen (secondary N) is 1.